The average molecular weight is 311 g/mol. The van der Waals surface area contributed by atoms with Gasteiger partial charge in [0.25, 0.3) is 10.0 Å². The second kappa shape index (κ2) is 5.26. The van der Waals surface area contributed by atoms with Crippen molar-refractivity contribution in [3.63, 3.8) is 0 Å². The number of para-hydroxylation sites is 1. The van der Waals surface area contributed by atoms with Crippen LogP contribution >= 0.6 is 0 Å². The van der Waals surface area contributed by atoms with Crippen molar-refractivity contribution >= 4 is 25.5 Å². The highest BCUT2D eigenvalue weighted by Gasteiger charge is 2.23. The molecule has 2 rings (SSSR count). The van der Waals surface area contributed by atoms with Crippen LogP contribution in [0.25, 0.3) is 0 Å². The van der Waals surface area contributed by atoms with Gasteiger partial charge in [-0.3, -0.25) is 4.72 Å². The molecule has 0 bridgehead atoms. The molecule has 2 aromatic carbocycles. The van der Waals surface area contributed by atoms with E-state index in [1.165, 1.54) is 24.3 Å². The summed E-state index contributed by atoms with van der Waals surface area (Å²) in [6.45, 7) is 0. The van der Waals surface area contributed by atoms with Crippen LogP contribution in [0.4, 0.5) is 5.69 Å². The molecule has 0 spiro atoms. The maximum absolute atomic E-state index is 12.3. The summed E-state index contributed by atoms with van der Waals surface area (Å²) >= 11 is 0. The molecule has 0 unspecified atom stereocenters. The van der Waals surface area contributed by atoms with Gasteiger partial charge in [0.1, 0.15) is 4.90 Å². The van der Waals surface area contributed by atoms with Gasteiger partial charge in [0.15, 0.2) is 9.84 Å². The molecule has 5 nitrogen and oxygen atoms in total. The molecule has 106 valence electrons. The number of rotatable bonds is 4. The smallest absolute Gasteiger partial charge is 0.263 e. The van der Waals surface area contributed by atoms with Gasteiger partial charge in [-0.25, -0.2) is 16.8 Å². The standard InChI is InChI=1S/C13H13NO4S2/c1-19(15,16)12-9-5-6-10-13(12)20(17,18)14-11-7-3-2-4-8-11/h2-10,14H,1H3. The van der Waals surface area contributed by atoms with E-state index < -0.39 is 19.9 Å². The van der Waals surface area contributed by atoms with Gasteiger partial charge in [-0.05, 0) is 24.3 Å². The molecule has 2 aromatic rings. The van der Waals surface area contributed by atoms with Crippen LogP contribution in [-0.2, 0) is 19.9 Å². The Morgan fingerprint density at radius 3 is 1.80 bits per heavy atom. The van der Waals surface area contributed by atoms with E-state index in [9.17, 15) is 16.8 Å². The molecule has 0 aliphatic carbocycles. The van der Waals surface area contributed by atoms with Gasteiger partial charge >= 0.3 is 0 Å². The molecule has 0 aliphatic heterocycles. The Hall–Kier alpha value is -1.86. The monoisotopic (exact) mass is 311 g/mol. The zero-order chi connectivity index (χ0) is 14.8. The van der Waals surface area contributed by atoms with Crippen LogP contribution in [0.3, 0.4) is 0 Å². The molecule has 7 heteroatoms. The normalized spacial score (nSPS) is 12.1. The maximum Gasteiger partial charge on any atom is 0.263 e. The maximum atomic E-state index is 12.3. The van der Waals surface area contributed by atoms with Gasteiger partial charge in [-0.2, -0.15) is 0 Å². The second-order valence-corrected chi connectivity index (χ2v) is 7.83. The van der Waals surface area contributed by atoms with Gasteiger partial charge in [0.05, 0.1) is 4.90 Å². The summed E-state index contributed by atoms with van der Waals surface area (Å²) in [5.41, 5.74) is 0.371. The molecule has 20 heavy (non-hydrogen) atoms. The highest BCUT2D eigenvalue weighted by Crippen LogP contribution is 2.23. The van der Waals surface area contributed by atoms with Crippen LogP contribution in [-0.4, -0.2) is 23.1 Å². The molecule has 0 saturated carbocycles. The van der Waals surface area contributed by atoms with Crippen LogP contribution in [0.2, 0.25) is 0 Å². The Morgan fingerprint density at radius 1 is 0.750 bits per heavy atom. The number of benzene rings is 2. The predicted molar refractivity (Wildman–Crippen MR) is 76.8 cm³/mol. The molecule has 0 aliphatic rings. The molecule has 0 aromatic heterocycles. The Kier molecular flexibility index (Phi) is 3.82. The fraction of sp³-hybridized carbons (Fsp3) is 0.0769. The van der Waals surface area contributed by atoms with Crippen LogP contribution in [0.5, 0.6) is 0 Å². The first-order valence-corrected chi connectivity index (χ1v) is 9.05. The summed E-state index contributed by atoms with van der Waals surface area (Å²) in [5.74, 6) is 0. The Bertz CT molecular complexity index is 812. The highest BCUT2D eigenvalue weighted by atomic mass is 32.2. The van der Waals surface area contributed by atoms with Crippen molar-refractivity contribution in [1.29, 1.82) is 0 Å². The van der Waals surface area contributed by atoms with Gasteiger partial charge in [-0.15, -0.1) is 0 Å². The fourth-order valence-electron chi connectivity index (χ4n) is 1.69. The third-order valence-electron chi connectivity index (χ3n) is 2.56. The predicted octanol–water partition coefficient (Wildman–Crippen LogP) is 1.89. The summed E-state index contributed by atoms with van der Waals surface area (Å²) in [6, 6.07) is 13.8. The Morgan fingerprint density at radius 2 is 1.25 bits per heavy atom. The summed E-state index contributed by atoms with van der Waals surface area (Å²) in [4.78, 5) is -0.477. The molecule has 0 heterocycles. The third kappa shape index (κ3) is 3.17. The first kappa shape index (κ1) is 14.5. The third-order valence-corrected chi connectivity index (χ3v) is 5.29. The summed E-state index contributed by atoms with van der Waals surface area (Å²) < 4.78 is 50.3. The zero-order valence-electron chi connectivity index (χ0n) is 10.6. The Balaban J connectivity index is 2.51. The van der Waals surface area contributed by atoms with E-state index >= 15 is 0 Å². The summed E-state index contributed by atoms with van der Waals surface area (Å²) in [7, 11) is -7.58. The molecule has 0 radical (unpaired) electrons. The number of anilines is 1. The van der Waals surface area contributed by atoms with Crippen LogP contribution in [0.1, 0.15) is 0 Å². The first-order valence-electron chi connectivity index (χ1n) is 5.68. The number of hydrogen-bond donors (Lipinski definition) is 1. The van der Waals surface area contributed by atoms with E-state index in [0.717, 1.165) is 6.26 Å². The lowest BCUT2D eigenvalue weighted by molar-refractivity contribution is 0.588. The van der Waals surface area contributed by atoms with Crippen molar-refractivity contribution in [2.75, 3.05) is 11.0 Å². The van der Waals surface area contributed by atoms with Crippen molar-refractivity contribution in [1.82, 2.24) is 0 Å². The fourth-order valence-corrected chi connectivity index (χ4v) is 4.38. The second-order valence-electron chi connectivity index (χ2n) is 4.19. The van der Waals surface area contributed by atoms with Gasteiger partial charge < -0.3 is 0 Å². The van der Waals surface area contributed by atoms with E-state index in [-0.39, 0.29) is 9.79 Å². The lowest BCUT2D eigenvalue weighted by Gasteiger charge is -2.11. The van der Waals surface area contributed by atoms with Gasteiger partial charge in [0, 0.05) is 11.9 Å². The van der Waals surface area contributed by atoms with Crippen molar-refractivity contribution in [3.05, 3.63) is 54.6 Å². The average Bonchev–Trinajstić information content (AvgIpc) is 2.38. The lowest BCUT2D eigenvalue weighted by Crippen LogP contribution is -2.16. The largest absolute Gasteiger partial charge is 0.280 e. The van der Waals surface area contributed by atoms with Crippen LogP contribution in [0, 0.1) is 0 Å². The van der Waals surface area contributed by atoms with E-state index in [1.807, 2.05) is 0 Å². The SMILES string of the molecule is CS(=O)(=O)c1ccccc1S(=O)(=O)Nc1ccccc1. The zero-order valence-corrected chi connectivity index (χ0v) is 12.3. The molecule has 0 atom stereocenters. The molecule has 0 fully saturated rings. The summed E-state index contributed by atoms with van der Waals surface area (Å²) in [6.07, 6.45) is 0.976. The number of nitrogens with one attached hydrogen (secondary N) is 1. The van der Waals surface area contributed by atoms with E-state index in [0.29, 0.717) is 5.69 Å². The minimum Gasteiger partial charge on any atom is -0.280 e. The number of sulfone groups is 1. The molecule has 1 N–H and O–H groups in total. The van der Waals surface area contributed by atoms with Gasteiger partial charge in [-0.1, -0.05) is 30.3 Å². The quantitative estimate of drug-likeness (QED) is 0.935. The molecular weight excluding hydrogens is 298 g/mol. The van der Waals surface area contributed by atoms with Crippen molar-refractivity contribution < 1.29 is 16.8 Å². The van der Waals surface area contributed by atoms with Gasteiger partial charge in [0.2, 0.25) is 0 Å². The number of sulfonamides is 1. The van der Waals surface area contributed by atoms with Crippen molar-refractivity contribution in [2.45, 2.75) is 9.79 Å². The minimum absolute atomic E-state index is 0.219. The lowest BCUT2D eigenvalue weighted by atomic mass is 10.3. The topological polar surface area (TPSA) is 80.3 Å². The molecule has 0 amide bonds. The van der Waals surface area contributed by atoms with Crippen molar-refractivity contribution in [2.24, 2.45) is 0 Å². The molecule has 0 saturated heterocycles. The van der Waals surface area contributed by atoms with E-state index in [2.05, 4.69) is 4.72 Å². The Labute approximate surface area is 118 Å². The first-order chi connectivity index (χ1) is 9.31. The van der Waals surface area contributed by atoms with E-state index in [1.54, 1.807) is 30.3 Å². The van der Waals surface area contributed by atoms with E-state index in [4.69, 9.17) is 0 Å². The summed E-state index contributed by atoms with van der Waals surface area (Å²) in [5, 5.41) is 0. The highest BCUT2D eigenvalue weighted by molar-refractivity contribution is 7.95. The number of hydrogen-bond acceptors (Lipinski definition) is 4. The van der Waals surface area contributed by atoms with Crippen LogP contribution < -0.4 is 4.72 Å². The minimum atomic E-state index is -3.96. The van der Waals surface area contributed by atoms with Crippen molar-refractivity contribution in [3.8, 4) is 0 Å². The molecular formula is C13H13NO4S2. The van der Waals surface area contributed by atoms with Crippen LogP contribution in [0.15, 0.2) is 64.4 Å².